The summed E-state index contributed by atoms with van der Waals surface area (Å²) in [5.74, 6) is 0.782. The Bertz CT molecular complexity index is 1240. The van der Waals surface area contributed by atoms with Gasteiger partial charge in [0.15, 0.2) is 0 Å². The van der Waals surface area contributed by atoms with Crippen molar-refractivity contribution >= 4 is 11.6 Å². The standard InChI is InChI=1S/C30H30N6O2/c37-27(14-21-4-2-12-31-19-21)17-25-8-10-29(35-33-25)23-6-1-7-24(16-23)30-11-9-26(34-36-30)18-28(38)15-22-5-3-13-32-20-22/h2-5,8-13,19-20,23-24H,1,6-7,14-18H2/t23-,24-/m0/s1. The van der Waals surface area contributed by atoms with Crippen LogP contribution in [0, 0.1) is 0 Å². The van der Waals surface area contributed by atoms with Gasteiger partial charge in [0.2, 0.25) is 0 Å². The number of Topliss-reactive ketones (excluding diaryl/α,β-unsaturated/α-hetero) is 2. The van der Waals surface area contributed by atoms with E-state index in [2.05, 4.69) is 30.4 Å². The van der Waals surface area contributed by atoms with Crippen LogP contribution in [0.15, 0.2) is 73.3 Å². The minimum atomic E-state index is 0.0959. The van der Waals surface area contributed by atoms with E-state index in [1.54, 1.807) is 24.8 Å². The molecule has 0 radical (unpaired) electrons. The summed E-state index contributed by atoms with van der Waals surface area (Å²) in [7, 11) is 0. The summed E-state index contributed by atoms with van der Waals surface area (Å²) >= 11 is 0. The lowest BCUT2D eigenvalue weighted by Gasteiger charge is -2.28. The Hall–Kier alpha value is -4.20. The molecule has 1 saturated carbocycles. The fraction of sp³-hybridized carbons (Fsp3) is 0.333. The molecule has 0 unspecified atom stereocenters. The molecule has 0 bridgehead atoms. The van der Waals surface area contributed by atoms with Crippen molar-refractivity contribution in [1.82, 2.24) is 30.4 Å². The predicted molar refractivity (Wildman–Crippen MR) is 141 cm³/mol. The van der Waals surface area contributed by atoms with Crippen LogP contribution in [0.3, 0.4) is 0 Å². The third kappa shape index (κ3) is 6.97. The minimum Gasteiger partial charge on any atom is -0.299 e. The van der Waals surface area contributed by atoms with Crippen molar-refractivity contribution in [1.29, 1.82) is 0 Å². The van der Waals surface area contributed by atoms with Gasteiger partial charge in [0.25, 0.3) is 0 Å². The number of nitrogens with zero attached hydrogens (tertiary/aromatic N) is 6. The summed E-state index contributed by atoms with van der Waals surface area (Å²) in [6, 6.07) is 15.3. The first-order chi connectivity index (χ1) is 18.6. The minimum absolute atomic E-state index is 0.0959. The van der Waals surface area contributed by atoms with E-state index in [1.165, 1.54) is 0 Å². The summed E-state index contributed by atoms with van der Waals surface area (Å²) in [6.07, 6.45) is 12.2. The SMILES string of the molecule is O=C(Cc1cccnc1)Cc1ccc([C@H]2CCC[C@H](c3ccc(CC(=O)Cc4cccnc4)nn3)C2)nn1. The third-order valence-electron chi connectivity index (χ3n) is 7.00. The smallest absolute Gasteiger partial charge is 0.143 e. The monoisotopic (exact) mass is 506 g/mol. The van der Waals surface area contributed by atoms with Crippen molar-refractivity contribution in [2.75, 3.05) is 0 Å². The van der Waals surface area contributed by atoms with Gasteiger partial charge in [-0.1, -0.05) is 18.6 Å². The predicted octanol–water partition coefficient (Wildman–Crippen LogP) is 4.21. The highest BCUT2D eigenvalue weighted by molar-refractivity contribution is 5.83. The van der Waals surface area contributed by atoms with Gasteiger partial charge in [0.05, 0.1) is 35.6 Å². The molecule has 1 aliphatic rings. The van der Waals surface area contributed by atoms with Crippen LogP contribution in [0.4, 0.5) is 0 Å². The van der Waals surface area contributed by atoms with Crippen molar-refractivity contribution in [2.45, 2.75) is 63.2 Å². The summed E-state index contributed by atoms with van der Waals surface area (Å²) < 4.78 is 0. The Balaban J connectivity index is 1.14. The van der Waals surface area contributed by atoms with Crippen molar-refractivity contribution in [2.24, 2.45) is 0 Å². The molecule has 1 fully saturated rings. The number of ketones is 2. The maximum Gasteiger partial charge on any atom is 0.143 e. The zero-order valence-electron chi connectivity index (χ0n) is 21.2. The molecule has 4 heterocycles. The zero-order chi connectivity index (χ0) is 26.2. The Morgan fingerprint density at radius 1 is 0.632 bits per heavy atom. The van der Waals surface area contributed by atoms with Gasteiger partial charge < -0.3 is 0 Å². The molecule has 0 aliphatic heterocycles. The van der Waals surface area contributed by atoms with E-state index in [1.807, 2.05) is 48.5 Å². The fourth-order valence-corrected chi connectivity index (χ4v) is 5.08. The van der Waals surface area contributed by atoms with Crippen molar-refractivity contribution < 1.29 is 9.59 Å². The van der Waals surface area contributed by atoms with Gasteiger partial charge in [-0.25, -0.2) is 0 Å². The number of carbonyl (C=O) groups excluding carboxylic acids is 2. The first kappa shape index (κ1) is 25.4. The van der Waals surface area contributed by atoms with Crippen LogP contribution in [-0.2, 0) is 35.3 Å². The molecule has 5 rings (SSSR count). The average Bonchev–Trinajstić information content (AvgIpc) is 2.95. The number of pyridine rings is 2. The Labute approximate surface area is 222 Å². The molecule has 8 nitrogen and oxygen atoms in total. The highest BCUT2D eigenvalue weighted by Gasteiger charge is 2.27. The lowest BCUT2D eigenvalue weighted by Crippen LogP contribution is -2.17. The first-order valence-electron chi connectivity index (χ1n) is 13.1. The van der Waals surface area contributed by atoms with E-state index < -0.39 is 0 Å². The molecule has 0 saturated heterocycles. The van der Waals surface area contributed by atoms with E-state index in [4.69, 9.17) is 0 Å². The second-order valence-electron chi connectivity index (χ2n) is 9.97. The van der Waals surface area contributed by atoms with E-state index >= 15 is 0 Å². The summed E-state index contributed by atoms with van der Waals surface area (Å²) in [4.78, 5) is 32.9. The molecule has 4 aromatic rings. The summed E-state index contributed by atoms with van der Waals surface area (Å²) in [5.41, 5.74) is 5.11. The quantitative estimate of drug-likeness (QED) is 0.315. The van der Waals surface area contributed by atoms with Crippen molar-refractivity contribution in [3.05, 3.63) is 107 Å². The van der Waals surface area contributed by atoms with Crippen LogP contribution in [0.2, 0.25) is 0 Å². The number of carbonyl (C=O) groups is 2. The van der Waals surface area contributed by atoms with E-state index in [0.717, 1.165) is 48.2 Å². The molecular formula is C30H30N6O2. The molecule has 0 spiro atoms. The molecule has 1 aliphatic carbocycles. The van der Waals surface area contributed by atoms with Gasteiger partial charge in [-0.2, -0.15) is 20.4 Å². The van der Waals surface area contributed by atoms with Crippen LogP contribution in [0.1, 0.15) is 71.4 Å². The van der Waals surface area contributed by atoms with Gasteiger partial charge in [0.1, 0.15) is 11.6 Å². The van der Waals surface area contributed by atoms with Crippen LogP contribution in [0.5, 0.6) is 0 Å². The second kappa shape index (κ2) is 12.4. The highest BCUT2D eigenvalue weighted by Crippen LogP contribution is 2.39. The van der Waals surface area contributed by atoms with Crippen LogP contribution in [-0.4, -0.2) is 41.9 Å². The molecule has 0 amide bonds. The molecule has 38 heavy (non-hydrogen) atoms. The third-order valence-corrected chi connectivity index (χ3v) is 7.00. The molecule has 2 atom stereocenters. The molecule has 192 valence electrons. The van der Waals surface area contributed by atoms with E-state index in [9.17, 15) is 9.59 Å². The van der Waals surface area contributed by atoms with E-state index in [-0.39, 0.29) is 24.4 Å². The van der Waals surface area contributed by atoms with Crippen LogP contribution >= 0.6 is 0 Å². The highest BCUT2D eigenvalue weighted by atomic mass is 16.1. The second-order valence-corrected chi connectivity index (χ2v) is 9.97. The number of aromatic nitrogens is 6. The Morgan fingerprint density at radius 3 is 1.53 bits per heavy atom. The largest absolute Gasteiger partial charge is 0.299 e. The molecule has 0 N–H and O–H groups in total. The topological polar surface area (TPSA) is 111 Å². The molecule has 8 heteroatoms. The molecule has 4 aromatic heterocycles. The Morgan fingerprint density at radius 2 is 1.13 bits per heavy atom. The van der Waals surface area contributed by atoms with Crippen molar-refractivity contribution in [3.8, 4) is 0 Å². The molecular weight excluding hydrogens is 476 g/mol. The fourth-order valence-electron chi connectivity index (χ4n) is 5.08. The van der Waals surface area contributed by atoms with Crippen LogP contribution < -0.4 is 0 Å². The van der Waals surface area contributed by atoms with Gasteiger partial charge in [0, 0.05) is 49.5 Å². The van der Waals surface area contributed by atoms with Gasteiger partial charge >= 0.3 is 0 Å². The van der Waals surface area contributed by atoms with Crippen molar-refractivity contribution in [3.63, 3.8) is 0 Å². The van der Waals surface area contributed by atoms with E-state index in [0.29, 0.717) is 36.1 Å². The Kier molecular flexibility index (Phi) is 8.28. The average molecular weight is 507 g/mol. The number of rotatable bonds is 10. The zero-order valence-corrected chi connectivity index (χ0v) is 21.2. The number of hydrogen-bond donors (Lipinski definition) is 0. The molecule has 0 aromatic carbocycles. The summed E-state index contributed by atoms with van der Waals surface area (Å²) in [6.45, 7) is 0. The van der Waals surface area contributed by atoms with Gasteiger partial charge in [-0.05, 0) is 66.8 Å². The van der Waals surface area contributed by atoms with Gasteiger partial charge in [-0.3, -0.25) is 19.6 Å². The normalized spacial score (nSPS) is 17.2. The lowest BCUT2D eigenvalue weighted by molar-refractivity contribution is -0.118. The van der Waals surface area contributed by atoms with Gasteiger partial charge in [-0.15, -0.1) is 0 Å². The lowest BCUT2D eigenvalue weighted by atomic mass is 9.78. The van der Waals surface area contributed by atoms with Crippen LogP contribution in [0.25, 0.3) is 0 Å². The first-order valence-corrected chi connectivity index (χ1v) is 13.1. The maximum atomic E-state index is 12.4. The summed E-state index contributed by atoms with van der Waals surface area (Å²) in [5, 5.41) is 17.7. The maximum absolute atomic E-state index is 12.4. The number of hydrogen-bond acceptors (Lipinski definition) is 8.